The maximum absolute atomic E-state index is 11.8. The Morgan fingerprint density at radius 1 is 1.02 bits per heavy atom. The molecular weight excluding hydrogens is 642 g/mol. The van der Waals surface area contributed by atoms with Crippen LogP contribution in [0.1, 0.15) is 64.4 Å². The summed E-state index contributed by atoms with van der Waals surface area (Å²) in [6, 6.07) is 19.0. The number of aromatic nitrogens is 1. The van der Waals surface area contributed by atoms with E-state index in [-0.39, 0.29) is 36.0 Å². The van der Waals surface area contributed by atoms with E-state index in [4.69, 9.17) is 31.1 Å². The summed E-state index contributed by atoms with van der Waals surface area (Å²) in [6.45, 7) is 8.61. The monoisotopic (exact) mass is 681 g/mol. The molecule has 1 N–H and O–H groups in total. The first-order valence-corrected chi connectivity index (χ1v) is 16.6. The molecule has 1 atom stereocenters. The van der Waals surface area contributed by atoms with Crippen molar-refractivity contribution in [1.82, 2.24) is 9.88 Å². The van der Waals surface area contributed by atoms with Gasteiger partial charge in [0.05, 0.1) is 28.4 Å². The average molecular weight is 682 g/mol. The third-order valence-corrected chi connectivity index (χ3v) is 9.07. The lowest BCUT2D eigenvalue weighted by Crippen LogP contribution is -2.35. The van der Waals surface area contributed by atoms with Crippen molar-refractivity contribution < 1.29 is 28.9 Å². The van der Waals surface area contributed by atoms with Crippen molar-refractivity contribution in [2.24, 2.45) is 0 Å². The lowest BCUT2D eigenvalue weighted by Gasteiger charge is -2.22. The maximum atomic E-state index is 11.8. The first-order chi connectivity index (χ1) is 23.6. The van der Waals surface area contributed by atoms with E-state index in [2.05, 4.69) is 41.9 Å². The highest BCUT2D eigenvalue weighted by Crippen LogP contribution is 2.36. The van der Waals surface area contributed by atoms with Crippen molar-refractivity contribution in [3.8, 4) is 34.4 Å². The van der Waals surface area contributed by atoms with Gasteiger partial charge in [-0.05, 0) is 79.6 Å². The van der Waals surface area contributed by atoms with Crippen LogP contribution in [-0.2, 0) is 18.0 Å². The number of nitriles is 1. The molecular formula is C39H40ClN3O6. The molecule has 3 aromatic carbocycles. The molecule has 1 fully saturated rings. The Kier molecular flexibility index (Phi) is 11.7. The molecule has 254 valence electrons. The van der Waals surface area contributed by atoms with Crippen molar-refractivity contribution >= 4 is 23.7 Å². The van der Waals surface area contributed by atoms with Gasteiger partial charge in [-0.25, -0.2) is 0 Å². The predicted octanol–water partition coefficient (Wildman–Crippen LogP) is 7.05. The normalized spacial score (nSPS) is 15.8. The Labute approximate surface area is 292 Å². The van der Waals surface area contributed by atoms with Crippen LogP contribution in [0, 0.1) is 25.2 Å². The Balaban J connectivity index is 1.23. The van der Waals surface area contributed by atoms with E-state index >= 15 is 0 Å². The van der Waals surface area contributed by atoms with E-state index in [9.17, 15) is 14.7 Å². The van der Waals surface area contributed by atoms with Crippen LogP contribution in [-0.4, -0.2) is 58.9 Å². The minimum atomic E-state index is -0.912. The van der Waals surface area contributed by atoms with Gasteiger partial charge in [-0.1, -0.05) is 41.9 Å². The molecule has 0 radical (unpaired) electrons. The summed E-state index contributed by atoms with van der Waals surface area (Å²) in [4.78, 5) is 29.5. The number of hydrogen-bond donors (Lipinski definition) is 1. The SMILES string of the molecule is CC(=O)CC1(O)CCN(CCCOc2cccc(-c3cccc(COc4cc(OCc5cncc(C#N)c5)c(C=O)cc4Cl)c3C)c2C)C1. The van der Waals surface area contributed by atoms with Gasteiger partial charge in [0.1, 0.15) is 42.3 Å². The van der Waals surface area contributed by atoms with Crippen molar-refractivity contribution in [3.63, 3.8) is 0 Å². The number of β-amino-alcohol motifs (C(OH)–C–C–N with tert-alkyl or cyclic N) is 1. The molecule has 9 nitrogen and oxygen atoms in total. The summed E-state index contributed by atoms with van der Waals surface area (Å²) in [5.74, 6) is 1.52. The zero-order valence-electron chi connectivity index (χ0n) is 28.0. The number of halogens is 1. The van der Waals surface area contributed by atoms with E-state index in [0.717, 1.165) is 53.1 Å². The second-order valence-corrected chi connectivity index (χ2v) is 13.0. The Hall–Kier alpha value is -4.75. The van der Waals surface area contributed by atoms with E-state index in [1.165, 1.54) is 19.2 Å². The van der Waals surface area contributed by atoms with Crippen LogP contribution in [0.4, 0.5) is 0 Å². The summed E-state index contributed by atoms with van der Waals surface area (Å²) < 4.78 is 18.3. The minimum absolute atomic E-state index is 0.0149. The molecule has 1 aliphatic heterocycles. The van der Waals surface area contributed by atoms with E-state index in [0.29, 0.717) is 48.5 Å². The number of Topliss-reactive ketones (excluding diaryl/α,β-unsaturated/α-hetero) is 1. The summed E-state index contributed by atoms with van der Waals surface area (Å²) >= 11 is 6.50. The highest BCUT2D eigenvalue weighted by atomic mass is 35.5. The first-order valence-electron chi connectivity index (χ1n) is 16.2. The number of carbonyl (C=O) groups excluding carboxylic acids is 2. The molecule has 0 spiro atoms. The highest BCUT2D eigenvalue weighted by molar-refractivity contribution is 6.32. The van der Waals surface area contributed by atoms with Gasteiger partial charge >= 0.3 is 0 Å². The molecule has 49 heavy (non-hydrogen) atoms. The molecule has 10 heteroatoms. The molecule has 2 heterocycles. The summed E-state index contributed by atoms with van der Waals surface area (Å²) in [5.41, 5.74) is 5.65. The maximum Gasteiger partial charge on any atom is 0.153 e. The quantitative estimate of drug-likeness (QED) is 0.104. The molecule has 5 rings (SSSR count). The highest BCUT2D eigenvalue weighted by Gasteiger charge is 2.36. The van der Waals surface area contributed by atoms with Crippen LogP contribution in [0.3, 0.4) is 0 Å². The topological polar surface area (TPSA) is 122 Å². The molecule has 1 unspecified atom stereocenters. The number of ether oxygens (including phenoxy) is 3. The fourth-order valence-corrected chi connectivity index (χ4v) is 6.45. The summed E-state index contributed by atoms with van der Waals surface area (Å²) in [5, 5.41) is 20.1. The fraction of sp³-hybridized carbons (Fsp3) is 0.333. The third-order valence-electron chi connectivity index (χ3n) is 8.78. The van der Waals surface area contributed by atoms with Gasteiger partial charge in [0.2, 0.25) is 0 Å². The van der Waals surface area contributed by atoms with E-state index in [1.807, 2.05) is 24.3 Å². The molecule has 1 aromatic heterocycles. The minimum Gasteiger partial charge on any atom is -0.493 e. The second-order valence-electron chi connectivity index (χ2n) is 12.6. The largest absolute Gasteiger partial charge is 0.493 e. The van der Waals surface area contributed by atoms with Crippen LogP contribution >= 0.6 is 11.6 Å². The number of carbonyl (C=O) groups is 2. The zero-order valence-corrected chi connectivity index (χ0v) is 28.8. The van der Waals surface area contributed by atoms with Crippen molar-refractivity contribution in [2.75, 3.05) is 26.2 Å². The van der Waals surface area contributed by atoms with Crippen LogP contribution in [0.25, 0.3) is 11.1 Å². The predicted molar refractivity (Wildman–Crippen MR) is 187 cm³/mol. The first kappa shape index (κ1) is 35.6. The molecule has 1 saturated heterocycles. The van der Waals surface area contributed by atoms with Gasteiger partial charge in [0.15, 0.2) is 6.29 Å². The van der Waals surface area contributed by atoms with Crippen molar-refractivity contribution in [1.29, 1.82) is 5.26 Å². The number of hydrogen-bond acceptors (Lipinski definition) is 9. The van der Waals surface area contributed by atoms with Gasteiger partial charge in [-0.2, -0.15) is 5.26 Å². The van der Waals surface area contributed by atoms with Crippen molar-refractivity contribution in [2.45, 2.75) is 58.8 Å². The Morgan fingerprint density at radius 2 is 1.78 bits per heavy atom. The molecule has 0 aliphatic carbocycles. The Morgan fingerprint density at radius 3 is 2.53 bits per heavy atom. The molecule has 0 saturated carbocycles. The van der Waals surface area contributed by atoms with Crippen LogP contribution in [0.5, 0.6) is 17.2 Å². The number of rotatable bonds is 15. The number of pyridine rings is 1. The van der Waals surface area contributed by atoms with Crippen LogP contribution < -0.4 is 14.2 Å². The third kappa shape index (κ3) is 9.04. The van der Waals surface area contributed by atoms with Gasteiger partial charge in [0, 0.05) is 50.1 Å². The molecule has 4 aromatic rings. The second kappa shape index (κ2) is 16.1. The van der Waals surface area contributed by atoms with E-state index < -0.39 is 5.60 Å². The van der Waals surface area contributed by atoms with E-state index in [1.54, 1.807) is 18.3 Å². The number of aliphatic hydroxyl groups is 1. The average Bonchev–Trinajstić information content (AvgIpc) is 3.45. The van der Waals surface area contributed by atoms with Gasteiger partial charge in [-0.3, -0.25) is 14.6 Å². The molecule has 0 bridgehead atoms. The van der Waals surface area contributed by atoms with Gasteiger partial charge < -0.3 is 24.2 Å². The number of benzene rings is 3. The fourth-order valence-electron chi connectivity index (χ4n) is 6.23. The number of ketones is 1. The van der Waals surface area contributed by atoms with Crippen LogP contribution in [0.2, 0.25) is 5.02 Å². The Bertz CT molecular complexity index is 1870. The van der Waals surface area contributed by atoms with Gasteiger partial charge in [0.25, 0.3) is 0 Å². The van der Waals surface area contributed by atoms with Crippen LogP contribution in [0.15, 0.2) is 67.0 Å². The zero-order chi connectivity index (χ0) is 35.0. The van der Waals surface area contributed by atoms with Gasteiger partial charge in [-0.15, -0.1) is 0 Å². The number of nitrogens with zero attached hydrogens (tertiary/aromatic N) is 3. The number of likely N-dealkylation sites (tertiary alicyclic amines) is 1. The molecule has 1 aliphatic rings. The lowest BCUT2D eigenvalue weighted by molar-refractivity contribution is -0.121. The summed E-state index contributed by atoms with van der Waals surface area (Å²) in [7, 11) is 0. The molecule has 0 amide bonds. The lowest BCUT2D eigenvalue weighted by atomic mass is 9.93. The van der Waals surface area contributed by atoms with Crippen molar-refractivity contribution in [3.05, 3.63) is 105 Å². The summed E-state index contributed by atoms with van der Waals surface area (Å²) in [6.07, 6.45) is 5.37. The standard InChI is InChI=1S/C39H40ClN3O6/c1-26(45)18-39(46)11-13-43(25-39)12-6-14-47-36-10-5-9-34(28(36)3)33-8-4-7-31(27(33)2)24-49-38-17-37(32(22-44)16-35(38)40)48-23-30-15-29(19-41)20-42-21-30/h4-5,7-10,15-17,20-22,46H,6,11-14,18,23-25H2,1-3H3. The number of aldehydes is 1. The smallest absolute Gasteiger partial charge is 0.153 e.